The number of rotatable bonds is 4. The number of nitrogens with zero attached hydrogens (tertiary/aromatic N) is 2. The molecule has 160 valence electrons. The minimum absolute atomic E-state index is 0.118. The van der Waals surface area contributed by atoms with Gasteiger partial charge in [-0.25, -0.2) is 0 Å². The predicted octanol–water partition coefficient (Wildman–Crippen LogP) is 5.10. The first-order chi connectivity index (χ1) is 15.2. The Morgan fingerprint density at radius 2 is 1.87 bits per heavy atom. The average molecular weight is 437 g/mol. The fourth-order valence-electron chi connectivity index (χ4n) is 4.41. The zero-order chi connectivity index (χ0) is 21.2. The standard InChI is InChI=1S/C25H25ClN2O3/c26-23-21(10-7-18-3-1-13-27-24(18)23)17-5-8-19(9-6-17)31-20-11-14-28(15-12-20)25(29)22-4-2-16-30-22/h1,3,5-10,13,20,22H,2,4,11-12,14-16H2/t22-/m1/s1. The number of amides is 1. The normalized spacial score (nSPS) is 19.6. The maximum absolute atomic E-state index is 12.5. The second kappa shape index (κ2) is 8.85. The highest BCUT2D eigenvalue weighted by molar-refractivity contribution is 6.37. The molecule has 5 nitrogen and oxygen atoms in total. The Hall–Kier alpha value is -2.63. The van der Waals surface area contributed by atoms with Crippen molar-refractivity contribution in [1.82, 2.24) is 9.88 Å². The van der Waals surface area contributed by atoms with E-state index < -0.39 is 0 Å². The van der Waals surface area contributed by atoms with Gasteiger partial charge in [0, 0.05) is 49.7 Å². The maximum atomic E-state index is 12.5. The summed E-state index contributed by atoms with van der Waals surface area (Å²) in [5.41, 5.74) is 2.80. The predicted molar refractivity (Wildman–Crippen MR) is 121 cm³/mol. The third-order valence-corrected chi connectivity index (χ3v) is 6.52. The highest BCUT2D eigenvalue weighted by Crippen LogP contribution is 2.34. The van der Waals surface area contributed by atoms with Crippen LogP contribution in [-0.2, 0) is 9.53 Å². The summed E-state index contributed by atoms with van der Waals surface area (Å²) in [4.78, 5) is 18.8. The second-order valence-electron chi connectivity index (χ2n) is 8.17. The topological polar surface area (TPSA) is 51.7 Å². The van der Waals surface area contributed by atoms with Crippen LogP contribution in [0.3, 0.4) is 0 Å². The number of likely N-dealkylation sites (tertiary alicyclic amines) is 1. The van der Waals surface area contributed by atoms with E-state index in [0.29, 0.717) is 11.6 Å². The quantitative estimate of drug-likeness (QED) is 0.570. The molecule has 3 aromatic rings. The van der Waals surface area contributed by atoms with E-state index in [9.17, 15) is 4.79 Å². The van der Waals surface area contributed by atoms with Crippen LogP contribution in [0.5, 0.6) is 5.75 Å². The molecule has 31 heavy (non-hydrogen) atoms. The average Bonchev–Trinajstić information content (AvgIpc) is 3.35. The van der Waals surface area contributed by atoms with Crippen LogP contribution in [0.15, 0.2) is 54.7 Å². The number of piperidine rings is 1. The first-order valence-corrected chi connectivity index (χ1v) is 11.3. The molecular formula is C25H25ClN2O3. The van der Waals surface area contributed by atoms with E-state index in [2.05, 4.69) is 4.98 Å². The summed E-state index contributed by atoms with van der Waals surface area (Å²) in [6.45, 7) is 2.15. The van der Waals surface area contributed by atoms with E-state index in [-0.39, 0.29) is 18.1 Å². The molecule has 3 heterocycles. The molecule has 2 aliphatic rings. The summed E-state index contributed by atoms with van der Waals surface area (Å²) in [5, 5.41) is 1.69. The highest BCUT2D eigenvalue weighted by Gasteiger charge is 2.31. The Morgan fingerprint density at radius 1 is 1.06 bits per heavy atom. The van der Waals surface area contributed by atoms with Crippen molar-refractivity contribution in [2.24, 2.45) is 0 Å². The minimum Gasteiger partial charge on any atom is -0.490 e. The van der Waals surface area contributed by atoms with E-state index in [0.717, 1.165) is 66.6 Å². The number of carbonyl (C=O) groups is 1. The van der Waals surface area contributed by atoms with Crippen molar-refractivity contribution >= 4 is 28.4 Å². The van der Waals surface area contributed by atoms with Gasteiger partial charge in [0.15, 0.2) is 0 Å². The van der Waals surface area contributed by atoms with Crippen molar-refractivity contribution in [3.05, 3.63) is 59.8 Å². The fraction of sp³-hybridized carbons (Fsp3) is 0.360. The molecule has 5 rings (SSSR count). The summed E-state index contributed by atoms with van der Waals surface area (Å²) in [5.74, 6) is 0.977. The lowest BCUT2D eigenvalue weighted by Gasteiger charge is -2.33. The summed E-state index contributed by atoms with van der Waals surface area (Å²) in [6.07, 6.45) is 5.14. The number of ether oxygens (including phenoxy) is 2. The van der Waals surface area contributed by atoms with E-state index >= 15 is 0 Å². The lowest BCUT2D eigenvalue weighted by atomic mass is 10.0. The van der Waals surface area contributed by atoms with Gasteiger partial charge >= 0.3 is 0 Å². The van der Waals surface area contributed by atoms with Crippen LogP contribution in [0, 0.1) is 0 Å². The van der Waals surface area contributed by atoms with Gasteiger partial charge in [-0.3, -0.25) is 9.78 Å². The summed E-state index contributed by atoms with van der Waals surface area (Å²) >= 11 is 6.62. The molecule has 1 aromatic heterocycles. The minimum atomic E-state index is -0.234. The first-order valence-electron chi connectivity index (χ1n) is 10.9. The van der Waals surface area contributed by atoms with Gasteiger partial charge in [0.2, 0.25) is 0 Å². The Labute approximate surface area is 186 Å². The zero-order valence-corrected chi connectivity index (χ0v) is 18.1. The van der Waals surface area contributed by atoms with Gasteiger partial charge in [0.1, 0.15) is 18.0 Å². The molecule has 0 bridgehead atoms. The third-order valence-electron chi connectivity index (χ3n) is 6.14. The van der Waals surface area contributed by atoms with E-state index in [1.165, 1.54) is 0 Å². The number of carbonyl (C=O) groups excluding carboxylic acids is 1. The van der Waals surface area contributed by atoms with Crippen molar-refractivity contribution in [2.75, 3.05) is 19.7 Å². The molecule has 0 saturated carbocycles. The molecule has 6 heteroatoms. The zero-order valence-electron chi connectivity index (χ0n) is 17.3. The Bertz CT molecular complexity index is 1070. The molecule has 2 saturated heterocycles. The van der Waals surface area contributed by atoms with Crippen LogP contribution in [0.4, 0.5) is 0 Å². The number of fused-ring (bicyclic) bond motifs is 1. The summed E-state index contributed by atoms with van der Waals surface area (Å²) in [7, 11) is 0. The Balaban J connectivity index is 1.21. The highest BCUT2D eigenvalue weighted by atomic mass is 35.5. The van der Waals surface area contributed by atoms with Gasteiger partial charge < -0.3 is 14.4 Å². The Morgan fingerprint density at radius 3 is 2.61 bits per heavy atom. The van der Waals surface area contributed by atoms with Crippen molar-refractivity contribution in [2.45, 2.75) is 37.9 Å². The molecule has 2 aromatic carbocycles. The van der Waals surface area contributed by atoms with Crippen molar-refractivity contribution in [1.29, 1.82) is 0 Å². The van der Waals surface area contributed by atoms with Gasteiger partial charge in [0.25, 0.3) is 5.91 Å². The largest absolute Gasteiger partial charge is 0.490 e. The molecule has 0 unspecified atom stereocenters. The van der Waals surface area contributed by atoms with Crippen LogP contribution in [0.2, 0.25) is 5.02 Å². The van der Waals surface area contributed by atoms with E-state index in [4.69, 9.17) is 21.1 Å². The van der Waals surface area contributed by atoms with Gasteiger partial charge in [0.05, 0.1) is 10.5 Å². The molecule has 0 radical (unpaired) electrons. The van der Waals surface area contributed by atoms with E-state index in [1.807, 2.05) is 53.4 Å². The number of hydrogen-bond donors (Lipinski definition) is 0. The fourth-order valence-corrected chi connectivity index (χ4v) is 4.74. The molecule has 2 fully saturated rings. The summed E-state index contributed by atoms with van der Waals surface area (Å²) < 4.78 is 11.7. The van der Waals surface area contributed by atoms with Crippen LogP contribution in [0.1, 0.15) is 25.7 Å². The van der Waals surface area contributed by atoms with Gasteiger partial charge in [-0.2, -0.15) is 0 Å². The molecule has 0 N–H and O–H groups in total. The monoisotopic (exact) mass is 436 g/mol. The van der Waals surface area contributed by atoms with Crippen molar-refractivity contribution in [3.63, 3.8) is 0 Å². The smallest absolute Gasteiger partial charge is 0.251 e. The second-order valence-corrected chi connectivity index (χ2v) is 8.55. The number of benzene rings is 2. The van der Waals surface area contributed by atoms with Gasteiger partial charge in [-0.05, 0) is 36.6 Å². The van der Waals surface area contributed by atoms with Crippen LogP contribution in [0.25, 0.3) is 22.0 Å². The first kappa shape index (κ1) is 20.3. The van der Waals surface area contributed by atoms with Crippen LogP contribution >= 0.6 is 11.6 Å². The van der Waals surface area contributed by atoms with Gasteiger partial charge in [-0.15, -0.1) is 0 Å². The molecular weight excluding hydrogens is 412 g/mol. The number of hydrogen-bond acceptors (Lipinski definition) is 4. The van der Waals surface area contributed by atoms with Crippen molar-refractivity contribution in [3.8, 4) is 16.9 Å². The van der Waals surface area contributed by atoms with Crippen molar-refractivity contribution < 1.29 is 14.3 Å². The number of halogens is 1. The molecule has 1 amide bonds. The van der Waals surface area contributed by atoms with Gasteiger partial charge in [-0.1, -0.05) is 41.9 Å². The van der Waals surface area contributed by atoms with Crippen LogP contribution in [-0.4, -0.2) is 47.7 Å². The lowest BCUT2D eigenvalue weighted by Crippen LogP contribution is -2.45. The Kier molecular flexibility index (Phi) is 5.79. The molecule has 0 aliphatic carbocycles. The lowest BCUT2D eigenvalue weighted by molar-refractivity contribution is -0.142. The van der Waals surface area contributed by atoms with E-state index in [1.54, 1.807) is 6.20 Å². The molecule has 1 atom stereocenters. The number of pyridine rings is 1. The molecule has 2 aliphatic heterocycles. The molecule has 0 spiro atoms. The third kappa shape index (κ3) is 4.25. The summed E-state index contributed by atoms with van der Waals surface area (Å²) in [6, 6.07) is 16.0. The maximum Gasteiger partial charge on any atom is 0.251 e. The van der Waals surface area contributed by atoms with Crippen LogP contribution < -0.4 is 4.74 Å². The number of aromatic nitrogens is 1. The SMILES string of the molecule is O=C([C@H]1CCCO1)N1CCC(Oc2ccc(-c3ccc4cccnc4c3Cl)cc2)CC1.